The predicted octanol–water partition coefficient (Wildman–Crippen LogP) is 3.79. The van der Waals surface area contributed by atoms with E-state index in [1.165, 1.54) is 16.5 Å². The lowest BCUT2D eigenvalue weighted by atomic mass is 9.95. The largest absolute Gasteiger partial charge is 0.444 e. The number of rotatable bonds is 12. The number of nitrogens with zero attached hydrogens (tertiary/aromatic N) is 4. The maximum atomic E-state index is 13.8. The Kier molecular flexibility index (Phi) is 12.2. The molecule has 0 spiro atoms. The number of ether oxygens (including phenoxy) is 1. The van der Waals surface area contributed by atoms with Crippen LogP contribution in [0.5, 0.6) is 0 Å². The zero-order chi connectivity index (χ0) is 31.3. The Morgan fingerprint density at radius 2 is 1.71 bits per heavy atom. The van der Waals surface area contributed by atoms with Crippen LogP contribution < -0.4 is 0 Å². The summed E-state index contributed by atoms with van der Waals surface area (Å²) >= 11 is 0. The van der Waals surface area contributed by atoms with Gasteiger partial charge in [-0.2, -0.15) is 5.06 Å². The van der Waals surface area contributed by atoms with Gasteiger partial charge < -0.3 is 24.0 Å². The average molecular weight is 603 g/mol. The second-order valence-corrected chi connectivity index (χ2v) is 15.5. The minimum absolute atomic E-state index is 0.0398. The quantitative estimate of drug-likeness (QED) is 0.309. The molecule has 2 rings (SSSR count). The molecule has 2 aliphatic rings. The van der Waals surface area contributed by atoms with E-state index in [1.807, 2.05) is 27.7 Å². The van der Waals surface area contributed by atoms with Crippen molar-refractivity contribution in [1.29, 1.82) is 0 Å². The first-order valence-electron chi connectivity index (χ1n) is 14.6. The van der Waals surface area contributed by atoms with Crippen LogP contribution in [0.25, 0.3) is 0 Å². The van der Waals surface area contributed by atoms with Gasteiger partial charge in [0, 0.05) is 26.8 Å². The van der Waals surface area contributed by atoms with Crippen LogP contribution in [0.2, 0.25) is 0 Å². The molecule has 0 aromatic heterocycles. The molecule has 1 unspecified atom stereocenters. The van der Waals surface area contributed by atoms with E-state index in [1.54, 1.807) is 39.6 Å². The molecule has 2 fully saturated rings. The van der Waals surface area contributed by atoms with E-state index in [0.29, 0.717) is 32.4 Å². The second-order valence-electron chi connectivity index (χ2n) is 12.9. The Bertz CT molecular complexity index is 998. The van der Waals surface area contributed by atoms with Crippen molar-refractivity contribution in [2.75, 3.05) is 46.1 Å². The van der Waals surface area contributed by atoms with Crippen molar-refractivity contribution in [3.8, 4) is 0 Å². The maximum absolute atomic E-state index is 13.8. The van der Waals surface area contributed by atoms with Crippen LogP contribution in [-0.4, -0.2) is 114 Å². The van der Waals surface area contributed by atoms with Crippen LogP contribution in [0.3, 0.4) is 0 Å². The highest BCUT2D eigenvalue weighted by molar-refractivity contribution is 7.59. The first-order chi connectivity index (χ1) is 18.9. The van der Waals surface area contributed by atoms with Gasteiger partial charge in [0.15, 0.2) is 12.3 Å². The molecule has 13 heteroatoms. The maximum Gasteiger partial charge on any atom is 0.410 e. The SMILES string of the molecule is CCOP(C)(=O)CC(=O)N1O[C@H](CC(C)C)C(=O)N2[C@@H]1CN(CCCN(C)C(=O)OC(C)(C)C)C(=O)[C@@H]2CC(C)C. The monoisotopic (exact) mass is 602 g/mol. The number of carbonyl (C=O) groups excluding carboxylic acids is 4. The van der Waals surface area contributed by atoms with E-state index in [0.717, 1.165) is 5.06 Å². The molecule has 0 aliphatic carbocycles. The van der Waals surface area contributed by atoms with Crippen molar-refractivity contribution in [1.82, 2.24) is 19.8 Å². The summed E-state index contributed by atoms with van der Waals surface area (Å²) < 4.78 is 23.7. The molecule has 0 saturated carbocycles. The summed E-state index contributed by atoms with van der Waals surface area (Å²) in [5.74, 6) is -0.875. The third-order valence-corrected chi connectivity index (χ3v) is 8.41. The van der Waals surface area contributed by atoms with Gasteiger partial charge in [-0.1, -0.05) is 27.7 Å². The standard InChI is InChI=1S/C28H51N4O8P/c1-11-38-41(10,37)18-24(33)32-23-17-30(14-12-13-29(9)27(36)39-28(6,7)8)25(34)21(15-19(2)3)31(23)26(35)22(40-32)16-20(4)5/h19-23H,11-18H2,1-10H3/t21-,22+,23-,41?/m0/s1. The normalized spacial score (nSPS) is 23.1. The van der Waals surface area contributed by atoms with Gasteiger partial charge in [0.25, 0.3) is 11.8 Å². The minimum atomic E-state index is -3.25. The lowest BCUT2D eigenvalue weighted by Crippen LogP contribution is -2.73. The summed E-state index contributed by atoms with van der Waals surface area (Å²) in [5, 5.41) is 1.16. The molecule has 12 nitrogen and oxygen atoms in total. The molecule has 0 N–H and O–H groups in total. The summed E-state index contributed by atoms with van der Waals surface area (Å²) in [5.41, 5.74) is -0.622. The predicted molar refractivity (Wildman–Crippen MR) is 155 cm³/mol. The molecular weight excluding hydrogens is 551 g/mol. The number of hydrogen-bond donors (Lipinski definition) is 0. The molecule has 4 atom stereocenters. The Morgan fingerprint density at radius 1 is 1.10 bits per heavy atom. The molecule has 41 heavy (non-hydrogen) atoms. The van der Waals surface area contributed by atoms with Gasteiger partial charge in [-0.25, -0.2) is 4.79 Å². The highest BCUT2D eigenvalue weighted by Crippen LogP contribution is 2.43. The van der Waals surface area contributed by atoms with Crippen molar-refractivity contribution < 1.29 is 37.8 Å². The van der Waals surface area contributed by atoms with E-state index in [-0.39, 0.29) is 43.0 Å². The summed E-state index contributed by atoms with van der Waals surface area (Å²) in [6.07, 6.45) is -1.39. The molecule has 236 valence electrons. The third kappa shape index (κ3) is 9.96. The number of carbonyl (C=O) groups is 4. The van der Waals surface area contributed by atoms with Gasteiger partial charge >= 0.3 is 6.09 Å². The zero-order valence-electron chi connectivity index (χ0n) is 26.5. The van der Waals surface area contributed by atoms with Crippen molar-refractivity contribution in [3.63, 3.8) is 0 Å². The Morgan fingerprint density at radius 3 is 2.24 bits per heavy atom. The van der Waals surface area contributed by atoms with Crippen LogP contribution in [0.4, 0.5) is 4.79 Å². The van der Waals surface area contributed by atoms with Crippen LogP contribution in [0.15, 0.2) is 0 Å². The zero-order valence-corrected chi connectivity index (χ0v) is 27.4. The summed E-state index contributed by atoms with van der Waals surface area (Å²) in [6.45, 7) is 17.3. The third-order valence-electron chi connectivity index (χ3n) is 6.76. The Balaban J connectivity index is 2.34. The van der Waals surface area contributed by atoms with E-state index in [9.17, 15) is 23.7 Å². The van der Waals surface area contributed by atoms with Gasteiger partial charge in [-0.3, -0.25) is 23.8 Å². The lowest BCUT2D eigenvalue weighted by Gasteiger charge is -2.53. The molecule has 2 heterocycles. The van der Waals surface area contributed by atoms with E-state index in [2.05, 4.69) is 0 Å². The molecule has 0 radical (unpaired) electrons. The van der Waals surface area contributed by atoms with E-state index < -0.39 is 43.3 Å². The van der Waals surface area contributed by atoms with Crippen LogP contribution in [0, 0.1) is 11.8 Å². The number of fused-ring (bicyclic) bond motifs is 1. The summed E-state index contributed by atoms with van der Waals surface area (Å²) in [7, 11) is -1.61. The average Bonchev–Trinajstić information content (AvgIpc) is 2.80. The van der Waals surface area contributed by atoms with Crippen LogP contribution >= 0.6 is 7.37 Å². The number of hydroxylamine groups is 2. The van der Waals surface area contributed by atoms with Gasteiger partial charge in [0.2, 0.25) is 13.3 Å². The number of hydrogen-bond acceptors (Lipinski definition) is 8. The lowest BCUT2D eigenvalue weighted by molar-refractivity contribution is -0.275. The van der Waals surface area contributed by atoms with Crippen LogP contribution in [0.1, 0.15) is 74.7 Å². The van der Waals surface area contributed by atoms with E-state index in [4.69, 9.17) is 14.1 Å². The Hall–Kier alpha value is -2.17. The van der Waals surface area contributed by atoms with Gasteiger partial charge in [0.05, 0.1) is 13.2 Å². The number of amides is 4. The van der Waals surface area contributed by atoms with Crippen LogP contribution in [-0.2, 0) is 33.0 Å². The van der Waals surface area contributed by atoms with Gasteiger partial charge in [-0.15, -0.1) is 0 Å². The molecule has 0 aromatic rings. The van der Waals surface area contributed by atoms with Crippen molar-refractivity contribution >= 4 is 31.2 Å². The fraction of sp³-hybridized carbons (Fsp3) is 0.857. The highest BCUT2D eigenvalue weighted by atomic mass is 31.2. The summed E-state index contributed by atoms with van der Waals surface area (Å²) in [6, 6.07) is -0.779. The number of piperazine rings is 1. The fourth-order valence-corrected chi connectivity index (χ4v) is 6.31. The molecular formula is C28H51N4O8P. The van der Waals surface area contributed by atoms with Crippen molar-refractivity contribution in [2.24, 2.45) is 11.8 Å². The minimum Gasteiger partial charge on any atom is -0.444 e. The topological polar surface area (TPSA) is 126 Å². The van der Waals surface area contributed by atoms with Gasteiger partial charge in [-0.05, 0) is 58.8 Å². The fourth-order valence-electron chi connectivity index (χ4n) is 5.04. The molecule has 4 amide bonds. The molecule has 2 aliphatic heterocycles. The highest BCUT2D eigenvalue weighted by Gasteiger charge is 2.53. The summed E-state index contributed by atoms with van der Waals surface area (Å²) in [4.78, 5) is 64.1. The van der Waals surface area contributed by atoms with Crippen molar-refractivity contribution in [2.45, 2.75) is 98.6 Å². The Labute approximate surface area is 245 Å². The first kappa shape index (κ1) is 35.0. The van der Waals surface area contributed by atoms with Gasteiger partial charge in [0.1, 0.15) is 17.8 Å². The molecule has 0 aromatic carbocycles. The second kappa shape index (κ2) is 14.3. The first-order valence-corrected chi connectivity index (χ1v) is 16.9. The van der Waals surface area contributed by atoms with Crippen molar-refractivity contribution in [3.05, 3.63) is 0 Å². The van der Waals surface area contributed by atoms with E-state index >= 15 is 0 Å². The molecule has 2 saturated heterocycles. The smallest absolute Gasteiger partial charge is 0.410 e. The molecule has 0 bridgehead atoms.